The molecule has 15 heavy (non-hydrogen) atoms. The van der Waals surface area contributed by atoms with Crippen molar-refractivity contribution in [1.82, 2.24) is 15.1 Å². The first-order valence-electron chi connectivity index (χ1n) is 5.47. The molecule has 0 bridgehead atoms. The van der Waals surface area contributed by atoms with Gasteiger partial charge in [0.2, 0.25) is 0 Å². The van der Waals surface area contributed by atoms with Gasteiger partial charge in [-0.2, -0.15) is 5.10 Å². The van der Waals surface area contributed by atoms with Crippen LogP contribution in [0.15, 0.2) is 4.47 Å². The summed E-state index contributed by atoms with van der Waals surface area (Å²) in [6, 6.07) is 0.553. The van der Waals surface area contributed by atoms with Crippen molar-refractivity contribution in [1.29, 1.82) is 0 Å². The summed E-state index contributed by atoms with van der Waals surface area (Å²) >= 11 is 3.63. The Kier molecular flexibility index (Phi) is 4.80. The fourth-order valence-electron chi connectivity index (χ4n) is 1.59. The summed E-state index contributed by atoms with van der Waals surface area (Å²) in [6.07, 6.45) is 3.18. The number of hydrogen-bond acceptors (Lipinski definition) is 2. The van der Waals surface area contributed by atoms with E-state index in [1.165, 1.54) is 10.2 Å². The zero-order valence-corrected chi connectivity index (χ0v) is 11.6. The minimum absolute atomic E-state index is 0.553. The number of hydrogen-bond donors (Lipinski definition) is 1. The van der Waals surface area contributed by atoms with Crippen LogP contribution in [-0.2, 0) is 19.9 Å². The predicted octanol–water partition coefficient (Wildman–Crippen LogP) is 2.29. The molecule has 3 nitrogen and oxygen atoms in total. The van der Waals surface area contributed by atoms with Gasteiger partial charge in [0.05, 0.1) is 15.9 Å². The molecule has 1 aromatic rings. The normalized spacial score (nSPS) is 13.1. The van der Waals surface area contributed by atoms with Gasteiger partial charge in [-0.15, -0.1) is 0 Å². The Balaban J connectivity index is 2.72. The van der Waals surface area contributed by atoms with Crippen LogP contribution >= 0.6 is 15.9 Å². The van der Waals surface area contributed by atoms with Crippen molar-refractivity contribution in [3.05, 3.63) is 15.9 Å². The molecular formula is C11H20BrN3. The maximum absolute atomic E-state index is 4.48. The lowest BCUT2D eigenvalue weighted by molar-refractivity contribution is 0.549. The van der Waals surface area contributed by atoms with Crippen LogP contribution in [0.2, 0.25) is 0 Å². The second kappa shape index (κ2) is 5.66. The van der Waals surface area contributed by atoms with Crippen molar-refractivity contribution >= 4 is 15.9 Å². The fraction of sp³-hybridized carbons (Fsp3) is 0.727. The Morgan fingerprint density at radius 1 is 1.53 bits per heavy atom. The van der Waals surface area contributed by atoms with E-state index in [9.17, 15) is 0 Å². The number of aromatic nitrogens is 2. The average Bonchev–Trinajstić information content (AvgIpc) is 2.51. The molecule has 86 valence electrons. The van der Waals surface area contributed by atoms with Gasteiger partial charge >= 0.3 is 0 Å². The molecule has 1 N–H and O–H groups in total. The molecule has 0 amide bonds. The Bertz CT molecular complexity index is 320. The summed E-state index contributed by atoms with van der Waals surface area (Å²) in [6.45, 7) is 4.33. The van der Waals surface area contributed by atoms with Crippen LogP contribution in [0, 0.1) is 0 Å². The molecule has 0 fully saturated rings. The highest BCUT2D eigenvalue weighted by Crippen LogP contribution is 2.22. The van der Waals surface area contributed by atoms with E-state index in [1.54, 1.807) is 0 Å². The van der Waals surface area contributed by atoms with Crippen LogP contribution in [0.25, 0.3) is 0 Å². The molecule has 0 aromatic carbocycles. The zero-order chi connectivity index (χ0) is 11.4. The van der Waals surface area contributed by atoms with E-state index >= 15 is 0 Å². The first kappa shape index (κ1) is 12.7. The SMILES string of the molecule is CCc1nn(C)c(CCC(C)NC)c1Br. The van der Waals surface area contributed by atoms with Gasteiger partial charge < -0.3 is 5.32 Å². The van der Waals surface area contributed by atoms with E-state index in [0.717, 1.165) is 25.0 Å². The second-order valence-corrected chi connectivity index (χ2v) is 4.71. The van der Waals surface area contributed by atoms with E-state index < -0.39 is 0 Å². The Hall–Kier alpha value is -0.350. The minimum Gasteiger partial charge on any atom is -0.317 e. The van der Waals surface area contributed by atoms with Gasteiger partial charge in [0, 0.05) is 13.1 Å². The molecule has 0 aliphatic rings. The average molecular weight is 274 g/mol. The molecule has 0 aliphatic heterocycles. The summed E-state index contributed by atoms with van der Waals surface area (Å²) in [5.41, 5.74) is 2.46. The molecule has 4 heteroatoms. The predicted molar refractivity (Wildman–Crippen MR) is 67.1 cm³/mol. The van der Waals surface area contributed by atoms with E-state index in [4.69, 9.17) is 0 Å². The van der Waals surface area contributed by atoms with Gasteiger partial charge in [-0.1, -0.05) is 6.92 Å². The molecule has 0 spiro atoms. The third-order valence-corrected chi connectivity index (χ3v) is 3.73. The summed E-state index contributed by atoms with van der Waals surface area (Å²) in [4.78, 5) is 0. The maximum atomic E-state index is 4.48. The molecule has 1 unspecified atom stereocenters. The number of nitrogens with zero attached hydrogens (tertiary/aromatic N) is 2. The first-order chi connectivity index (χ1) is 7.10. The van der Waals surface area contributed by atoms with Crippen LogP contribution < -0.4 is 5.32 Å². The highest BCUT2D eigenvalue weighted by Gasteiger charge is 2.12. The number of aryl methyl sites for hydroxylation is 2. The lowest BCUT2D eigenvalue weighted by atomic mass is 10.1. The summed E-state index contributed by atoms with van der Waals surface area (Å²) in [5.74, 6) is 0. The minimum atomic E-state index is 0.553. The molecule has 1 atom stereocenters. The van der Waals surface area contributed by atoms with Crippen LogP contribution in [0.4, 0.5) is 0 Å². The molecule has 1 aromatic heterocycles. The summed E-state index contributed by atoms with van der Waals surface area (Å²) in [5, 5.41) is 7.73. The standard InChI is InChI=1S/C11H20BrN3/c1-5-9-11(12)10(15(4)14-9)7-6-8(2)13-3/h8,13H,5-7H2,1-4H3. The van der Waals surface area contributed by atoms with Gasteiger partial charge in [0.1, 0.15) is 0 Å². The van der Waals surface area contributed by atoms with E-state index in [0.29, 0.717) is 6.04 Å². The zero-order valence-electron chi connectivity index (χ0n) is 9.97. The van der Waals surface area contributed by atoms with E-state index in [1.807, 2.05) is 18.8 Å². The molecule has 1 heterocycles. The number of halogens is 1. The molecular weight excluding hydrogens is 254 g/mol. The van der Waals surface area contributed by atoms with Crippen LogP contribution in [0.3, 0.4) is 0 Å². The second-order valence-electron chi connectivity index (χ2n) is 3.91. The van der Waals surface area contributed by atoms with Crippen molar-refractivity contribution in [3.8, 4) is 0 Å². The van der Waals surface area contributed by atoms with Gasteiger partial charge in [0.15, 0.2) is 0 Å². The van der Waals surface area contributed by atoms with Crippen LogP contribution in [0.5, 0.6) is 0 Å². The van der Waals surface area contributed by atoms with E-state index in [-0.39, 0.29) is 0 Å². The van der Waals surface area contributed by atoms with Crippen molar-refractivity contribution in [2.45, 2.75) is 39.2 Å². The quantitative estimate of drug-likeness (QED) is 0.892. The lowest BCUT2D eigenvalue weighted by Crippen LogP contribution is -2.22. The third-order valence-electron chi connectivity index (χ3n) is 2.81. The lowest BCUT2D eigenvalue weighted by Gasteiger charge is -2.09. The smallest absolute Gasteiger partial charge is 0.0766 e. The molecule has 0 saturated carbocycles. The maximum Gasteiger partial charge on any atom is 0.0766 e. The largest absolute Gasteiger partial charge is 0.317 e. The van der Waals surface area contributed by atoms with Gasteiger partial charge in [-0.25, -0.2) is 0 Å². The summed E-state index contributed by atoms with van der Waals surface area (Å²) in [7, 11) is 4.02. The van der Waals surface area contributed by atoms with Crippen LogP contribution in [-0.4, -0.2) is 22.9 Å². The highest BCUT2D eigenvalue weighted by atomic mass is 79.9. The molecule has 1 rings (SSSR count). The topological polar surface area (TPSA) is 29.9 Å². The first-order valence-corrected chi connectivity index (χ1v) is 6.26. The molecule has 0 aliphatic carbocycles. The van der Waals surface area contributed by atoms with Crippen LogP contribution in [0.1, 0.15) is 31.7 Å². The monoisotopic (exact) mass is 273 g/mol. The fourth-order valence-corrected chi connectivity index (χ4v) is 2.40. The number of rotatable bonds is 5. The van der Waals surface area contributed by atoms with Gasteiger partial charge in [0.25, 0.3) is 0 Å². The van der Waals surface area contributed by atoms with Crippen molar-refractivity contribution in [2.24, 2.45) is 7.05 Å². The number of nitrogens with one attached hydrogen (secondary N) is 1. The Morgan fingerprint density at radius 3 is 2.67 bits per heavy atom. The molecule has 0 saturated heterocycles. The Labute approximate surface area is 100 Å². The van der Waals surface area contributed by atoms with Gasteiger partial charge in [-0.05, 0) is 49.2 Å². The van der Waals surface area contributed by atoms with E-state index in [2.05, 4.69) is 40.2 Å². The van der Waals surface area contributed by atoms with Crippen molar-refractivity contribution < 1.29 is 0 Å². The van der Waals surface area contributed by atoms with Crippen molar-refractivity contribution in [2.75, 3.05) is 7.05 Å². The van der Waals surface area contributed by atoms with Crippen molar-refractivity contribution in [3.63, 3.8) is 0 Å². The molecule has 0 radical (unpaired) electrons. The summed E-state index contributed by atoms with van der Waals surface area (Å²) < 4.78 is 3.18. The third kappa shape index (κ3) is 3.05. The highest BCUT2D eigenvalue weighted by molar-refractivity contribution is 9.10. The van der Waals surface area contributed by atoms with Gasteiger partial charge in [-0.3, -0.25) is 4.68 Å². The Morgan fingerprint density at radius 2 is 2.20 bits per heavy atom.